The Morgan fingerprint density at radius 2 is 2.39 bits per heavy atom. The van der Waals surface area contributed by atoms with Gasteiger partial charge in [-0.1, -0.05) is 17.7 Å². The fourth-order valence-electron chi connectivity index (χ4n) is 2.35. The average Bonchev–Trinajstić information content (AvgIpc) is 2.88. The lowest BCUT2D eigenvalue weighted by atomic mass is 10.0. The molecule has 0 saturated carbocycles. The third-order valence-corrected chi connectivity index (χ3v) is 5.88. The van der Waals surface area contributed by atoms with Crippen molar-refractivity contribution in [3.8, 4) is 0 Å². The number of likely N-dealkylation sites (N-methyl/N-ethyl adjacent to an activating group) is 1. The number of benzene rings is 1. The van der Waals surface area contributed by atoms with Gasteiger partial charge in [-0.2, -0.15) is 11.8 Å². The zero-order chi connectivity index (χ0) is 13.1. The van der Waals surface area contributed by atoms with Crippen LogP contribution >= 0.6 is 39.3 Å². The zero-order valence-corrected chi connectivity index (χ0v) is 13.6. The number of nitrogens with two attached hydrogens (primary N) is 1. The Kier molecular flexibility index (Phi) is 5.39. The molecule has 0 bridgehead atoms. The van der Waals surface area contributed by atoms with E-state index in [-0.39, 0.29) is 6.04 Å². The van der Waals surface area contributed by atoms with Crippen LogP contribution in [0.2, 0.25) is 5.02 Å². The summed E-state index contributed by atoms with van der Waals surface area (Å²) in [6.45, 7) is 0.631. The van der Waals surface area contributed by atoms with E-state index in [4.69, 9.17) is 17.3 Å². The van der Waals surface area contributed by atoms with Crippen LogP contribution in [0, 0.1) is 0 Å². The van der Waals surface area contributed by atoms with Crippen molar-refractivity contribution in [1.82, 2.24) is 4.90 Å². The smallest absolute Gasteiger partial charge is 0.0548 e. The van der Waals surface area contributed by atoms with Crippen LogP contribution in [0.25, 0.3) is 0 Å². The second-order valence-electron chi connectivity index (χ2n) is 4.61. The van der Waals surface area contributed by atoms with Crippen LogP contribution in [-0.4, -0.2) is 36.0 Å². The number of halogens is 2. The van der Waals surface area contributed by atoms with E-state index >= 15 is 0 Å². The second-order valence-corrected chi connectivity index (χ2v) is 7.02. The molecule has 100 valence electrons. The van der Waals surface area contributed by atoms with Gasteiger partial charge in [0, 0.05) is 28.9 Å². The molecule has 2 atom stereocenters. The molecule has 1 saturated heterocycles. The van der Waals surface area contributed by atoms with E-state index in [1.807, 2.05) is 17.8 Å². The molecule has 1 heterocycles. The van der Waals surface area contributed by atoms with E-state index in [0.29, 0.717) is 12.6 Å². The monoisotopic (exact) mass is 348 g/mol. The molecule has 2 unspecified atom stereocenters. The summed E-state index contributed by atoms with van der Waals surface area (Å²) in [6.07, 6.45) is 1.26. The summed E-state index contributed by atoms with van der Waals surface area (Å²) in [4.78, 5) is 2.41. The molecule has 2 N–H and O–H groups in total. The highest BCUT2D eigenvalue weighted by molar-refractivity contribution is 9.10. The van der Waals surface area contributed by atoms with Gasteiger partial charge in [0.25, 0.3) is 0 Å². The molecule has 0 aromatic heterocycles. The average molecular weight is 350 g/mol. The van der Waals surface area contributed by atoms with Crippen LogP contribution in [0.3, 0.4) is 0 Å². The third kappa shape index (κ3) is 3.23. The minimum absolute atomic E-state index is 0.266. The van der Waals surface area contributed by atoms with Crippen molar-refractivity contribution < 1.29 is 0 Å². The van der Waals surface area contributed by atoms with Crippen molar-refractivity contribution >= 4 is 39.3 Å². The molecule has 0 spiro atoms. The lowest BCUT2D eigenvalue weighted by Gasteiger charge is -2.32. The quantitative estimate of drug-likeness (QED) is 0.901. The largest absolute Gasteiger partial charge is 0.329 e. The molecule has 0 radical (unpaired) electrons. The van der Waals surface area contributed by atoms with E-state index in [0.717, 1.165) is 9.50 Å². The normalized spacial score (nSPS) is 21.5. The summed E-state index contributed by atoms with van der Waals surface area (Å²) in [7, 11) is 2.18. The molecule has 0 amide bonds. The molecule has 18 heavy (non-hydrogen) atoms. The number of hydrogen-bond donors (Lipinski definition) is 1. The van der Waals surface area contributed by atoms with Crippen molar-refractivity contribution in [2.24, 2.45) is 5.73 Å². The maximum absolute atomic E-state index is 6.04. The Morgan fingerprint density at radius 3 is 2.94 bits per heavy atom. The summed E-state index contributed by atoms with van der Waals surface area (Å²) >= 11 is 11.5. The van der Waals surface area contributed by atoms with Gasteiger partial charge in [0.2, 0.25) is 0 Å². The Labute approximate surface area is 126 Å². The van der Waals surface area contributed by atoms with Crippen LogP contribution in [0.1, 0.15) is 18.0 Å². The summed E-state index contributed by atoms with van der Waals surface area (Å²) in [5.41, 5.74) is 7.19. The van der Waals surface area contributed by atoms with Gasteiger partial charge in [-0.15, -0.1) is 0 Å². The Hall–Kier alpha value is 0.260. The maximum atomic E-state index is 6.04. The van der Waals surface area contributed by atoms with Gasteiger partial charge in [0.15, 0.2) is 0 Å². The first kappa shape index (κ1) is 14.7. The molecule has 1 fully saturated rings. The van der Waals surface area contributed by atoms with E-state index in [2.05, 4.69) is 40.0 Å². The number of hydrogen-bond acceptors (Lipinski definition) is 3. The van der Waals surface area contributed by atoms with E-state index in [1.54, 1.807) is 0 Å². The van der Waals surface area contributed by atoms with Crippen LogP contribution in [0.4, 0.5) is 0 Å². The lowest BCUT2D eigenvalue weighted by Crippen LogP contribution is -2.38. The van der Waals surface area contributed by atoms with Gasteiger partial charge in [-0.3, -0.25) is 4.90 Å². The van der Waals surface area contributed by atoms with Crippen molar-refractivity contribution in [3.05, 3.63) is 33.3 Å². The summed E-state index contributed by atoms with van der Waals surface area (Å²) in [5, 5.41) is 0.744. The minimum Gasteiger partial charge on any atom is -0.329 e. The predicted molar refractivity (Wildman–Crippen MR) is 84.4 cm³/mol. The van der Waals surface area contributed by atoms with Crippen molar-refractivity contribution in [2.75, 3.05) is 25.1 Å². The zero-order valence-electron chi connectivity index (χ0n) is 10.4. The third-order valence-electron chi connectivity index (χ3n) is 3.52. The molecule has 5 heteroatoms. The van der Waals surface area contributed by atoms with Gasteiger partial charge in [0.05, 0.1) is 5.02 Å². The maximum Gasteiger partial charge on any atom is 0.0548 e. The molecule has 0 aliphatic carbocycles. The van der Waals surface area contributed by atoms with Gasteiger partial charge in [-0.25, -0.2) is 0 Å². The van der Waals surface area contributed by atoms with Gasteiger partial charge >= 0.3 is 0 Å². The van der Waals surface area contributed by atoms with Crippen LogP contribution in [0.15, 0.2) is 22.7 Å². The molecule has 1 aromatic rings. The number of rotatable bonds is 4. The SMILES string of the molecule is CN(C1CCSC1)C(CN)c1ccc(Cl)c(Br)c1. The Balaban J connectivity index is 2.18. The lowest BCUT2D eigenvalue weighted by molar-refractivity contribution is 0.193. The fraction of sp³-hybridized carbons (Fsp3) is 0.538. The van der Waals surface area contributed by atoms with Gasteiger partial charge < -0.3 is 5.73 Å². The molecule has 2 nitrogen and oxygen atoms in total. The molecule has 1 aromatic carbocycles. The molecule has 2 rings (SSSR count). The van der Waals surface area contributed by atoms with Crippen molar-refractivity contribution in [1.29, 1.82) is 0 Å². The predicted octanol–water partition coefficient (Wildman–Crippen LogP) is 3.54. The Bertz CT molecular complexity index is 410. The van der Waals surface area contributed by atoms with Crippen LogP contribution < -0.4 is 5.73 Å². The minimum atomic E-state index is 0.266. The number of nitrogens with zero attached hydrogens (tertiary/aromatic N) is 1. The molecule has 1 aliphatic rings. The second kappa shape index (κ2) is 6.62. The molecule has 1 aliphatic heterocycles. The summed E-state index contributed by atoms with van der Waals surface area (Å²) < 4.78 is 0.939. The Morgan fingerprint density at radius 1 is 1.61 bits per heavy atom. The first-order valence-electron chi connectivity index (χ1n) is 6.08. The van der Waals surface area contributed by atoms with Gasteiger partial charge in [0.1, 0.15) is 0 Å². The van der Waals surface area contributed by atoms with Crippen molar-refractivity contribution in [2.45, 2.75) is 18.5 Å². The fourth-order valence-corrected chi connectivity index (χ4v) is 4.15. The first-order chi connectivity index (χ1) is 8.63. The highest BCUT2D eigenvalue weighted by Gasteiger charge is 2.26. The van der Waals surface area contributed by atoms with Crippen LogP contribution in [-0.2, 0) is 0 Å². The summed E-state index contributed by atoms with van der Waals surface area (Å²) in [5.74, 6) is 2.47. The van der Waals surface area contributed by atoms with E-state index in [1.165, 1.54) is 23.5 Å². The molecular weight excluding hydrogens is 332 g/mol. The highest BCUT2D eigenvalue weighted by atomic mass is 79.9. The first-order valence-corrected chi connectivity index (χ1v) is 8.40. The number of thioether (sulfide) groups is 1. The van der Waals surface area contributed by atoms with E-state index in [9.17, 15) is 0 Å². The topological polar surface area (TPSA) is 29.3 Å². The standard InChI is InChI=1S/C13H18BrClN2S/c1-17(10-4-5-18-8-10)13(7-16)9-2-3-12(15)11(14)6-9/h2-3,6,10,13H,4-5,7-8,16H2,1H3. The van der Waals surface area contributed by atoms with E-state index < -0.39 is 0 Å². The molecular formula is C13H18BrClN2S. The van der Waals surface area contributed by atoms with Crippen molar-refractivity contribution in [3.63, 3.8) is 0 Å². The van der Waals surface area contributed by atoms with Gasteiger partial charge in [-0.05, 0) is 52.8 Å². The highest BCUT2D eigenvalue weighted by Crippen LogP contribution is 2.31. The van der Waals surface area contributed by atoms with Crippen LogP contribution in [0.5, 0.6) is 0 Å². The summed E-state index contributed by atoms with van der Waals surface area (Å²) in [6, 6.07) is 6.99.